The van der Waals surface area contributed by atoms with Crippen LogP contribution >= 0.6 is 11.6 Å². The van der Waals surface area contributed by atoms with Crippen LogP contribution in [0, 0.1) is 17.2 Å². The first-order chi connectivity index (χ1) is 8.60. The predicted molar refractivity (Wildman–Crippen MR) is 74.9 cm³/mol. The van der Waals surface area contributed by atoms with Crippen molar-refractivity contribution in [2.75, 3.05) is 25.5 Å². The number of nitrogens with zero attached hydrogens (tertiary/aromatic N) is 2. The normalized spacial score (nSPS) is 24.6. The summed E-state index contributed by atoms with van der Waals surface area (Å²) < 4.78 is 0. The monoisotopic (exact) mass is 263 g/mol. The van der Waals surface area contributed by atoms with E-state index in [9.17, 15) is 0 Å². The maximum atomic E-state index is 9.11. The molecule has 0 radical (unpaired) electrons. The number of hydrogen-bond acceptors (Lipinski definition) is 3. The average molecular weight is 264 g/mol. The molecule has 2 atom stereocenters. The van der Waals surface area contributed by atoms with Gasteiger partial charge in [0.15, 0.2) is 0 Å². The highest BCUT2D eigenvalue weighted by Crippen LogP contribution is 2.25. The number of benzene rings is 1. The second kappa shape index (κ2) is 5.60. The van der Waals surface area contributed by atoms with Gasteiger partial charge in [-0.05, 0) is 44.1 Å². The topological polar surface area (TPSA) is 39.1 Å². The quantitative estimate of drug-likeness (QED) is 0.892. The first kappa shape index (κ1) is 13.2. The van der Waals surface area contributed by atoms with Crippen LogP contribution in [0.4, 0.5) is 5.69 Å². The van der Waals surface area contributed by atoms with E-state index in [1.54, 1.807) is 12.1 Å². The molecule has 96 valence electrons. The van der Waals surface area contributed by atoms with Crippen molar-refractivity contribution < 1.29 is 0 Å². The van der Waals surface area contributed by atoms with Gasteiger partial charge in [0.05, 0.1) is 11.3 Å². The Morgan fingerprint density at radius 3 is 2.94 bits per heavy atom. The minimum absolute atomic E-state index is 0.409. The van der Waals surface area contributed by atoms with Gasteiger partial charge in [0, 0.05) is 17.6 Å². The van der Waals surface area contributed by atoms with Crippen LogP contribution in [0.2, 0.25) is 5.02 Å². The van der Waals surface area contributed by atoms with Gasteiger partial charge in [0.1, 0.15) is 6.07 Å². The van der Waals surface area contributed by atoms with Crippen molar-refractivity contribution >= 4 is 17.3 Å². The summed E-state index contributed by atoms with van der Waals surface area (Å²) in [5, 5.41) is 13.2. The van der Waals surface area contributed by atoms with Gasteiger partial charge < -0.3 is 10.2 Å². The van der Waals surface area contributed by atoms with E-state index in [4.69, 9.17) is 16.9 Å². The number of nitrogens with one attached hydrogen (secondary N) is 1. The summed E-state index contributed by atoms with van der Waals surface area (Å²) in [7, 11) is 2.15. The molecule has 0 bridgehead atoms. The summed E-state index contributed by atoms with van der Waals surface area (Å²) in [6, 6.07) is 7.97. The lowest BCUT2D eigenvalue weighted by molar-refractivity contribution is 0.206. The third-order valence-electron chi connectivity index (χ3n) is 3.55. The van der Waals surface area contributed by atoms with Crippen LogP contribution in [0.5, 0.6) is 0 Å². The van der Waals surface area contributed by atoms with Gasteiger partial charge in [-0.25, -0.2) is 0 Å². The summed E-state index contributed by atoms with van der Waals surface area (Å²) in [5.41, 5.74) is 1.51. The lowest BCUT2D eigenvalue weighted by Crippen LogP contribution is -2.43. The summed E-state index contributed by atoms with van der Waals surface area (Å²) in [6.45, 7) is 4.41. The first-order valence-electron chi connectivity index (χ1n) is 6.25. The fraction of sp³-hybridized carbons (Fsp3) is 0.500. The Hall–Kier alpha value is -1.24. The average Bonchev–Trinajstić information content (AvgIpc) is 2.33. The number of halogens is 1. The van der Waals surface area contributed by atoms with E-state index in [1.165, 1.54) is 0 Å². The van der Waals surface area contributed by atoms with Crippen LogP contribution in [0.1, 0.15) is 18.9 Å². The highest BCUT2D eigenvalue weighted by Gasteiger charge is 2.24. The minimum Gasteiger partial charge on any atom is -0.381 e. The smallest absolute Gasteiger partial charge is 0.101 e. The molecule has 0 saturated carbocycles. The number of hydrogen-bond donors (Lipinski definition) is 1. The van der Waals surface area contributed by atoms with E-state index in [0.717, 1.165) is 25.2 Å². The Labute approximate surface area is 113 Å². The molecule has 0 aliphatic carbocycles. The lowest BCUT2D eigenvalue weighted by atomic mass is 9.93. The predicted octanol–water partition coefficient (Wildman–Crippen LogP) is 2.96. The largest absolute Gasteiger partial charge is 0.381 e. The first-order valence-corrected chi connectivity index (χ1v) is 6.62. The molecule has 3 nitrogen and oxygen atoms in total. The van der Waals surface area contributed by atoms with Crippen LogP contribution in [0.15, 0.2) is 18.2 Å². The molecule has 1 aliphatic heterocycles. The van der Waals surface area contributed by atoms with Crippen LogP contribution in [0.25, 0.3) is 0 Å². The minimum atomic E-state index is 0.409. The number of rotatable bonds is 2. The van der Waals surface area contributed by atoms with Crippen LogP contribution in [-0.2, 0) is 0 Å². The molecule has 1 N–H and O–H groups in total. The maximum Gasteiger partial charge on any atom is 0.101 e. The third kappa shape index (κ3) is 2.95. The zero-order valence-electron chi connectivity index (χ0n) is 10.8. The maximum absolute atomic E-state index is 9.11. The van der Waals surface area contributed by atoms with Crippen molar-refractivity contribution in [1.82, 2.24) is 4.90 Å². The van der Waals surface area contributed by atoms with E-state index in [2.05, 4.69) is 30.3 Å². The molecule has 1 heterocycles. The van der Waals surface area contributed by atoms with Crippen molar-refractivity contribution in [3.8, 4) is 6.07 Å². The van der Waals surface area contributed by atoms with E-state index in [0.29, 0.717) is 22.5 Å². The van der Waals surface area contributed by atoms with Crippen LogP contribution < -0.4 is 5.32 Å². The second-order valence-electron chi connectivity index (χ2n) is 5.08. The lowest BCUT2D eigenvalue weighted by Gasteiger charge is -2.36. The van der Waals surface area contributed by atoms with Gasteiger partial charge in [0.25, 0.3) is 0 Å². The van der Waals surface area contributed by atoms with Gasteiger partial charge in [-0.2, -0.15) is 5.26 Å². The zero-order chi connectivity index (χ0) is 13.1. The molecule has 0 spiro atoms. The van der Waals surface area contributed by atoms with E-state index in [1.807, 2.05) is 6.07 Å². The summed E-state index contributed by atoms with van der Waals surface area (Å²) in [6.07, 6.45) is 1.09. The fourth-order valence-corrected chi connectivity index (χ4v) is 2.67. The molecule has 2 unspecified atom stereocenters. The molecular weight excluding hydrogens is 246 g/mol. The van der Waals surface area contributed by atoms with Crippen LogP contribution in [-0.4, -0.2) is 31.1 Å². The highest BCUT2D eigenvalue weighted by molar-refractivity contribution is 6.30. The number of anilines is 1. The van der Waals surface area contributed by atoms with Gasteiger partial charge in [-0.15, -0.1) is 0 Å². The van der Waals surface area contributed by atoms with Gasteiger partial charge >= 0.3 is 0 Å². The summed E-state index contributed by atoms with van der Waals surface area (Å²) in [4.78, 5) is 2.34. The Kier molecular flexibility index (Phi) is 4.11. The molecule has 18 heavy (non-hydrogen) atoms. The Bertz CT molecular complexity index is 467. The molecule has 0 amide bonds. The summed E-state index contributed by atoms with van der Waals surface area (Å²) >= 11 is 5.99. The van der Waals surface area contributed by atoms with Gasteiger partial charge in [0.2, 0.25) is 0 Å². The molecule has 1 aromatic carbocycles. The Morgan fingerprint density at radius 1 is 1.50 bits per heavy atom. The van der Waals surface area contributed by atoms with E-state index < -0.39 is 0 Å². The molecule has 1 fully saturated rings. The third-order valence-corrected chi connectivity index (χ3v) is 3.79. The highest BCUT2D eigenvalue weighted by atomic mass is 35.5. The molecule has 1 saturated heterocycles. The van der Waals surface area contributed by atoms with Crippen molar-refractivity contribution in [3.05, 3.63) is 28.8 Å². The van der Waals surface area contributed by atoms with Crippen molar-refractivity contribution in [3.63, 3.8) is 0 Å². The zero-order valence-corrected chi connectivity index (χ0v) is 11.5. The number of piperidine rings is 1. The molecule has 0 aromatic heterocycles. The van der Waals surface area contributed by atoms with Crippen molar-refractivity contribution in [2.24, 2.45) is 5.92 Å². The van der Waals surface area contributed by atoms with Gasteiger partial charge in [-0.3, -0.25) is 0 Å². The van der Waals surface area contributed by atoms with Crippen molar-refractivity contribution in [2.45, 2.75) is 19.4 Å². The van der Waals surface area contributed by atoms with E-state index in [-0.39, 0.29) is 0 Å². The SMILES string of the molecule is CC1CN(C)CCC1Nc1cc(Cl)ccc1C#N. The van der Waals surface area contributed by atoms with Crippen molar-refractivity contribution in [1.29, 1.82) is 5.26 Å². The fourth-order valence-electron chi connectivity index (χ4n) is 2.50. The number of likely N-dealkylation sites (tertiary alicyclic amines) is 1. The number of nitriles is 1. The van der Waals surface area contributed by atoms with Crippen LogP contribution in [0.3, 0.4) is 0 Å². The van der Waals surface area contributed by atoms with Gasteiger partial charge in [-0.1, -0.05) is 18.5 Å². The second-order valence-corrected chi connectivity index (χ2v) is 5.52. The molecule has 2 rings (SSSR count). The Morgan fingerprint density at radius 2 is 2.28 bits per heavy atom. The molecule has 1 aliphatic rings. The molecule has 4 heteroatoms. The molecule has 1 aromatic rings. The Balaban J connectivity index is 2.14. The molecular formula is C14H18ClN3. The summed E-state index contributed by atoms with van der Waals surface area (Å²) in [5.74, 6) is 0.564. The standard InChI is InChI=1S/C14H18ClN3/c1-10-9-18(2)6-5-13(10)17-14-7-12(15)4-3-11(14)8-16/h3-4,7,10,13,17H,5-6,9H2,1-2H3. The van der Waals surface area contributed by atoms with E-state index >= 15 is 0 Å².